The lowest BCUT2D eigenvalue weighted by Crippen LogP contribution is -1.96. The molecule has 0 fully saturated rings. The number of hydrogen-bond acceptors (Lipinski definition) is 2. The summed E-state index contributed by atoms with van der Waals surface area (Å²) in [6.45, 7) is 1.32. The molecule has 0 aliphatic rings. The topological polar surface area (TPSA) is 30.0 Å². The predicted molar refractivity (Wildman–Crippen MR) is 41.4 cm³/mol. The van der Waals surface area contributed by atoms with Crippen molar-refractivity contribution in [3.05, 3.63) is 29.8 Å². The molecule has 0 bridgehead atoms. The summed E-state index contributed by atoms with van der Waals surface area (Å²) in [5.74, 6) is -0.838. The maximum atomic E-state index is 12.6. The second-order valence-corrected chi connectivity index (χ2v) is 1.91. The van der Waals surface area contributed by atoms with E-state index in [9.17, 15) is 9.18 Å². The van der Waals surface area contributed by atoms with Crippen molar-refractivity contribution in [1.82, 2.24) is 4.98 Å². The largest absolute Gasteiger partial charge is 0.294 e. The first-order valence-electron chi connectivity index (χ1n) is 2.82. The molecule has 1 rings (SSSR count). The molecule has 0 aromatic carbocycles. The van der Waals surface area contributed by atoms with E-state index in [2.05, 4.69) is 4.98 Å². The molecule has 0 amide bonds. The maximum Gasteiger partial charge on any atom is 0.162 e. The smallest absolute Gasteiger partial charge is 0.162 e. The van der Waals surface area contributed by atoms with Gasteiger partial charge in [0.15, 0.2) is 11.6 Å². The van der Waals surface area contributed by atoms with Crippen LogP contribution in [0.15, 0.2) is 18.5 Å². The molecule has 1 aromatic heterocycles. The molecular weight excluding hydrogens is 169 g/mol. The van der Waals surface area contributed by atoms with Crippen molar-refractivity contribution in [2.75, 3.05) is 0 Å². The molecule has 0 saturated carbocycles. The Balaban J connectivity index is 0.000001000. The molecule has 0 spiro atoms. The van der Waals surface area contributed by atoms with E-state index in [1.165, 1.54) is 19.2 Å². The van der Waals surface area contributed by atoms with E-state index >= 15 is 0 Å². The van der Waals surface area contributed by atoms with Crippen LogP contribution in [0.5, 0.6) is 0 Å². The molecule has 0 N–H and O–H groups in total. The van der Waals surface area contributed by atoms with Gasteiger partial charge in [-0.3, -0.25) is 9.78 Å². The summed E-state index contributed by atoms with van der Waals surface area (Å²) in [5, 5.41) is 0. The number of Topliss-reactive ketones (excluding diaryl/α,β-unsaturated/α-hetero) is 1. The highest BCUT2D eigenvalue weighted by atomic mass is 35.5. The van der Waals surface area contributed by atoms with Crippen molar-refractivity contribution in [2.45, 2.75) is 6.92 Å². The molecular formula is C7H7ClFNO. The average molecular weight is 176 g/mol. The normalized spacial score (nSPS) is 8.55. The average Bonchev–Trinajstić information content (AvgIpc) is 1.88. The van der Waals surface area contributed by atoms with E-state index < -0.39 is 5.82 Å². The summed E-state index contributed by atoms with van der Waals surface area (Å²) in [6, 6.07) is 1.36. The van der Waals surface area contributed by atoms with Crippen molar-refractivity contribution in [3.63, 3.8) is 0 Å². The Morgan fingerprint density at radius 3 is 2.64 bits per heavy atom. The minimum Gasteiger partial charge on any atom is -0.294 e. The molecule has 0 saturated heterocycles. The summed E-state index contributed by atoms with van der Waals surface area (Å²) < 4.78 is 12.6. The van der Waals surface area contributed by atoms with E-state index in [0.717, 1.165) is 6.20 Å². The van der Waals surface area contributed by atoms with E-state index in [4.69, 9.17) is 0 Å². The van der Waals surface area contributed by atoms with Crippen LogP contribution in [0.2, 0.25) is 0 Å². The third kappa shape index (κ3) is 2.27. The van der Waals surface area contributed by atoms with Gasteiger partial charge in [-0.15, -0.1) is 12.4 Å². The summed E-state index contributed by atoms with van der Waals surface area (Å²) in [7, 11) is 0. The number of carbonyl (C=O) groups is 1. The Morgan fingerprint density at radius 1 is 1.64 bits per heavy atom. The zero-order valence-corrected chi connectivity index (χ0v) is 6.69. The SMILES string of the molecule is CC(=O)c1ccncc1F.Cl. The fourth-order valence-corrected chi connectivity index (χ4v) is 0.661. The number of nitrogens with zero attached hydrogens (tertiary/aromatic N) is 1. The van der Waals surface area contributed by atoms with Gasteiger partial charge in [0.05, 0.1) is 11.8 Å². The van der Waals surface area contributed by atoms with Gasteiger partial charge in [0.1, 0.15) is 0 Å². The minimum absolute atomic E-state index is 0. The van der Waals surface area contributed by atoms with Gasteiger partial charge >= 0.3 is 0 Å². The maximum absolute atomic E-state index is 12.6. The zero-order chi connectivity index (χ0) is 7.56. The Labute approximate surface area is 69.9 Å². The Morgan fingerprint density at radius 2 is 2.27 bits per heavy atom. The van der Waals surface area contributed by atoms with Crippen molar-refractivity contribution in [3.8, 4) is 0 Å². The zero-order valence-electron chi connectivity index (χ0n) is 5.87. The van der Waals surface area contributed by atoms with E-state index in [1.54, 1.807) is 0 Å². The van der Waals surface area contributed by atoms with Crippen molar-refractivity contribution in [1.29, 1.82) is 0 Å². The molecule has 4 heteroatoms. The van der Waals surface area contributed by atoms with Gasteiger partial charge in [0.2, 0.25) is 0 Å². The minimum atomic E-state index is -0.560. The number of rotatable bonds is 1. The van der Waals surface area contributed by atoms with Crippen LogP contribution in [0.1, 0.15) is 17.3 Å². The number of aromatic nitrogens is 1. The first-order valence-corrected chi connectivity index (χ1v) is 2.82. The number of carbonyl (C=O) groups excluding carboxylic acids is 1. The molecule has 2 nitrogen and oxygen atoms in total. The van der Waals surface area contributed by atoms with Crippen LogP contribution in [-0.2, 0) is 0 Å². The lowest BCUT2D eigenvalue weighted by atomic mass is 10.2. The van der Waals surface area contributed by atoms with Gasteiger partial charge in [-0.1, -0.05) is 0 Å². The Kier molecular flexibility index (Phi) is 3.68. The molecule has 0 aliphatic heterocycles. The second-order valence-electron chi connectivity index (χ2n) is 1.91. The lowest BCUT2D eigenvalue weighted by molar-refractivity contribution is 0.101. The van der Waals surface area contributed by atoms with Gasteiger partial charge in [-0.25, -0.2) is 4.39 Å². The number of hydrogen-bond donors (Lipinski definition) is 0. The van der Waals surface area contributed by atoms with Gasteiger partial charge in [-0.2, -0.15) is 0 Å². The highest BCUT2D eigenvalue weighted by Crippen LogP contribution is 2.03. The van der Waals surface area contributed by atoms with E-state index in [-0.39, 0.29) is 23.8 Å². The highest BCUT2D eigenvalue weighted by Gasteiger charge is 2.04. The van der Waals surface area contributed by atoms with Crippen molar-refractivity contribution >= 4 is 18.2 Å². The van der Waals surface area contributed by atoms with Crippen LogP contribution in [0.3, 0.4) is 0 Å². The van der Waals surface area contributed by atoms with Crippen LogP contribution in [0, 0.1) is 5.82 Å². The van der Waals surface area contributed by atoms with Crippen LogP contribution in [0.25, 0.3) is 0 Å². The quantitative estimate of drug-likeness (QED) is 0.610. The summed E-state index contributed by atoms with van der Waals surface area (Å²) >= 11 is 0. The fourth-order valence-electron chi connectivity index (χ4n) is 0.661. The van der Waals surface area contributed by atoms with Crippen molar-refractivity contribution in [2.24, 2.45) is 0 Å². The molecule has 0 aliphatic carbocycles. The lowest BCUT2D eigenvalue weighted by Gasteiger charge is -1.93. The number of pyridine rings is 1. The predicted octanol–water partition coefficient (Wildman–Crippen LogP) is 1.85. The molecule has 0 atom stereocenters. The van der Waals surface area contributed by atoms with Gasteiger partial charge in [0.25, 0.3) is 0 Å². The summed E-state index contributed by atoms with van der Waals surface area (Å²) in [5.41, 5.74) is 0.0926. The molecule has 1 aromatic rings. The monoisotopic (exact) mass is 175 g/mol. The van der Waals surface area contributed by atoms with Crippen molar-refractivity contribution < 1.29 is 9.18 Å². The first-order chi connectivity index (χ1) is 4.72. The molecule has 1 heterocycles. The van der Waals surface area contributed by atoms with Crippen LogP contribution < -0.4 is 0 Å². The summed E-state index contributed by atoms with van der Waals surface area (Å²) in [6.07, 6.45) is 2.41. The Hall–Kier alpha value is -0.960. The molecule has 0 unspecified atom stereocenters. The van der Waals surface area contributed by atoms with Gasteiger partial charge in [0, 0.05) is 6.20 Å². The van der Waals surface area contributed by atoms with Crippen LogP contribution in [-0.4, -0.2) is 10.8 Å². The molecule has 0 radical (unpaired) electrons. The fraction of sp³-hybridized carbons (Fsp3) is 0.143. The van der Waals surface area contributed by atoms with E-state index in [1.807, 2.05) is 0 Å². The van der Waals surface area contributed by atoms with Gasteiger partial charge < -0.3 is 0 Å². The second kappa shape index (κ2) is 4.03. The molecule has 60 valence electrons. The summed E-state index contributed by atoms with van der Waals surface area (Å²) in [4.78, 5) is 14.1. The first kappa shape index (κ1) is 10.0. The standard InChI is InChI=1S/C7H6FNO.ClH/c1-5(10)6-2-3-9-4-7(6)8;/h2-4H,1H3;1H. The third-order valence-corrected chi connectivity index (χ3v) is 1.15. The third-order valence-electron chi connectivity index (χ3n) is 1.15. The Bertz CT molecular complexity index is 264. The van der Waals surface area contributed by atoms with Crippen LogP contribution in [0.4, 0.5) is 4.39 Å². The van der Waals surface area contributed by atoms with Crippen LogP contribution >= 0.6 is 12.4 Å². The number of halogens is 2. The van der Waals surface area contributed by atoms with Gasteiger partial charge in [-0.05, 0) is 13.0 Å². The van der Waals surface area contributed by atoms with E-state index in [0.29, 0.717) is 0 Å². The molecule has 11 heavy (non-hydrogen) atoms. The number of ketones is 1. The highest BCUT2D eigenvalue weighted by molar-refractivity contribution is 5.94.